The van der Waals surface area contributed by atoms with E-state index < -0.39 is 3.79 Å². The van der Waals surface area contributed by atoms with Crippen molar-refractivity contribution >= 4 is 81.2 Å². The summed E-state index contributed by atoms with van der Waals surface area (Å²) in [5, 5.41) is 0.687. The second-order valence-electron chi connectivity index (χ2n) is 4.94. The van der Waals surface area contributed by atoms with Crippen molar-refractivity contribution < 1.29 is 14.3 Å². The lowest BCUT2D eigenvalue weighted by atomic mass is 10.3. The van der Waals surface area contributed by atoms with Crippen LogP contribution in [0.15, 0.2) is 35.0 Å². The summed E-state index contributed by atoms with van der Waals surface area (Å²) in [5.41, 5.74) is 2.55. The zero-order valence-corrected chi connectivity index (χ0v) is 19.1. The minimum Gasteiger partial charge on any atom is -0.490 e. The third-order valence-corrected chi connectivity index (χ3v) is 3.92. The second-order valence-corrected chi connectivity index (χ2v) is 9.27. The number of rotatable bonds is 11. The minimum absolute atomic E-state index is 0.0724. The summed E-state index contributed by atoms with van der Waals surface area (Å²) >= 11 is 40.0. The fourth-order valence-corrected chi connectivity index (χ4v) is 2.50. The van der Waals surface area contributed by atoms with Gasteiger partial charge in [-0.25, -0.2) is 0 Å². The van der Waals surface area contributed by atoms with Gasteiger partial charge in [-0.1, -0.05) is 87.3 Å². The third-order valence-electron chi connectivity index (χ3n) is 2.73. The van der Waals surface area contributed by atoms with Crippen LogP contribution in [-0.4, -0.2) is 23.6 Å². The van der Waals surface area contributed by atoms with Crippen LogP contribution in [0.5, 0.6) is 11.5 Å². The average molecular weight is 518 g/mol. The summed E-state index contributed by atoms with van der Waals surface area (Å²) in [6.45, 7) is 0.543. The molecule has 1 N–H and O–H groups in total. The number of nitrogens with one attached hydrogen (secondary N) is 1. The average Bonchev–Trinajstić information content (AvgIpc) is 2.54. The Balaban J connectivity index is 2.33. The number of hydroxylamine groups is 1. The highest BCUT2D eigenvalue weighted by atomic mass is 35.6. The number of halogens is 7. The van der Waals surface area contributed by atoms with E-state index in [1.807, 2.05) is 6.08 Å². The molecular weight excluding hydrogens is 502 g/mol. The molecule has 0 bridgehead atoms. The van der Waals surface area contributed by atoms with Crippen LogP contribution >= 0.6 is 81.2 Å². The number of ether oxygens (including phenoxy) is 2. The zero-order valence-electron chi connectivity index (χ0n) is 13.8. The molecule has 0 saturated heterocycles. The Bertz CT molecular complexity index is 620. The molecule has 0 aliphatic heterocycles. The molecule has 0 saturated carbocycles. The van der Waals surface area contributed by atoms with Crippen LogP contribution in [0.1, 0.15) is 12.8 Å². The van der Waals surface area contributed by atoms with Crippen LogP contribution in [0, 0.1) is 0 Å². The van der Waals surface area contributed by atoms with Crippen LogP contribution < -0.4 is 15.0 Å². The van der Waals surface area contributed by atoms with Crippen LogP contribution in [0.3, 0.4) is 0 Å². The number of hydrogen-bond donors (Lipinski definition) is 1. The lowest BCUT2D eigenvalue weighted by Crippen LogP contribution is -2.18. The highest BCUT2D eigenvalue weighted by Gasteiger charge is 2.19. The summed E-state index contributed by atoms with van der Waals surface area (Å²) in [5.74, 6) is 0.872. The number of unbranched alkanes of at least 4 members (excludes halogenated alkanes) is 1. The molecule has 0 aliphatic rings. The summed E-state index contributed by atoms with van der Waals surface area (Å²) in [6.07, 6.45) is 6.40. The van der Waals surface area contributed by atoms with Crippen molar-refractivity contribution in [1.82, 2.24) is 5.48 Å². The lowest BCUT2D eigenvalue weighted by molar-refractivity contribution is 0.0752. The molecule has 4 nitrogen and oxygen atoms in total. The van der Waals surface area contributed by atoms with Gasteiger partial charge in [0.15, 0.2) is 5.75 Å². The first kappa shape index (κ1) is 25.1. The Morgan fingerprint density at radius 1 is 1.07 bits per heavy atom. The van der Waals surface area contributed by atoms with E-state index in [1.165, 1.54) is 6.08 Å². The van der Waals surface area contributed by atoms with Gasteiger partial charge in [-0.2, -0.15) is 0 Å². The molecule has 1 aromatic rings. The van der Waals surface area contributed by atoms with E-state index >= 15 is 0 Å². The van der Waals surface area contributed by atoms with Crippen molar-refractivity contribution in [3.63, 3.8) is 0 Å². The minimum atomic E-state index is -1.46. The topological polar surface area (TPSA) is 39.7 Å². The Kier molecular flexibility index (Phi) is 12.4. The van der Waals surface area contributed by atoms with Crippen molar-refractivity contribution in [1.29, 1.82) is 0 Å². The first-order valence-corrected chi connectivity index (χ1v) is 10.2. The van der Waals surface area contributed by atoms with E-state index in [-0.39, 0.29) is 17.7 Å². The van der Waals surface area contributed by atoms with Gasteiger partial charge in [-0.05, 0) is 18.9 Å². The highest BCUT2D eigenvalue weighted by Crippen LogP contribution is 2.37. The second kappa shape index (κ2) is 13.3. The Morgan fingerprint density at radius 3 is 2.33 bits per heavy atom. The van der Waals surface area contributed by atoms with E-state index in [0.29, 0.717) is 28.2 Å². The number of alkyl halides is 3. The molecule has 0 spiro atoms. The predicted molar refractivity (Wildman–Crippen MR) is 115 cm³/mol. The van der Waals surface area contributed by atoms with Gasteiger partial charge in [-0.15, -0.1) is 0 Å². The first-order valence-electron chi connectivity index (χ1n) is 7.54. The number of allylic oxidation sites excluding steroid dienone is 1. The normalized spacial score (nSPS) is 11.5. The lowest BCUT2D eigenvalue weighted by Gasteiger charge is -2.12. The van der Waals surface area contributed by atoms with Gasteiger partial charge in [0.05, 0.1) is 16.7 Å². The molecular formula is C16H16Cl7NO3. The van der Waals surface area contributed by atoms with Crippen LogP contribution in [0.25, 0.3) is 0 Å². The van der Waals surface area contributed by atoms with Gasteiger partial charge in [0.25, 0.3) is 0 Å². The van der Waals surface area contributed by atoms with Crippen LogP contribution in [-0.2, 0) is 4.84 Å². The van der Waals surface area contributed by atoms with Gasteiger partial charge < -0.3 is 9.47 Å². The number of benzene rings is 1. The molecule has 0 fully saturated rings. The molecule has 0 amide bonds. The summed E-state index contributed by atoms with van der Waals surface area (Å²) < 4.78 is 9.71. The van der Waals surface area contributed by atoms with E-state index in [1.54, 1.807) is 18.3 Å². The largest absolute Gasteiger partial charge is 0.490 e. The summed E-state index contributed by atoms with van der Waals surface area (Å²) in [6, 6.07) is 3.20. The zero-order chi connectivity index (χ0) is 20.3. The Labute approximate surface area is 193 Å². The molecule has 27 heavy (non-hydrogen) atoms. The van der Waals surface area contributed by atoms with Gasteiger partial charge in [-0.3, -0.25) is 10.3 Å². The predicted octanol–water partition coefficient (Wildman–Crippen LogP) is 7.26. The van der Waals surface area contributed by atoms with Crippen molar-refractivity contribution in [2.24, 2.45) is 0 Å². The fourth-order valence-electron chi connectivity index (χ4n) is 1.64. The third kappa shape index (κ3) is 12.3. The van der Waals surface area contributed by atoms with Crippen molar-refractivity contribution in [2.45, 2.75) is 16.6 Å². The van der Waals surface area contributed by atoms with Gasteiger partial charge >= 0.3 is 0 Å². The monoisotopic (exact) mass is 515 g/mol. The van der Waals surface area contributed by atoms with E-state index in [2.05, 4.69) is 5.48 Å². The number of hydrogen-bond acceptors (Lipinski definition) is 4. The van der Waals surface area contributed by atoms with E-state index in [0.717, 1.165) is 12.8 Å². The van der Waals surface area contributed by atoms with Gasteiger partial charge in [0, 0.05) is 18.3 Å². The fraction of sp³-hybridized carbons (Fsp3) is 0.375. The van der Waals surface area contributed by atoms with Crippen molar-refractivity contribution in [3.05, 3.63) is 45.0 Å². The SMILES string of the molecule is ClC(Cl)=CCOc1cc(Cl)c(OCCCC=CNOCC(Cl)(Cl)Cl)c(Cl)c1. The van der Waals surface area contributed by atoms with E-state index in [4.69, 9.17) is 95.5 Å². The smallest absolute Gasteiger partial charge is 0.216 e. The van der Waals surface area contributed by atoms with Gasteiger partial charge in [0.1, 0.15) is 23.5 Å². The molecule has 0 heterocycles. The van der Waals surface area contributed by atoms with Crippen molar-refractivity contribution in [2.75, 3.05) is 19.8 Å². The molecule has 152 valence electrons. The Morgan fingerprint density at radius 2 is 1.74 bits per heavy atom. The van der Waals surface area contributed by atoms with E-state index in [9.17, 15) is 0 Å². The maximum Gasteiger partial charge on any atom is 0.216 e. The molecule has 0 radical (unpaired) electrons. The van der Waals surface area contributed by atoms with Crippen molar-refractivity contribution in [3.8, 4) is 11.5 Å². The molecule has 0 aromatic heterocycles. The summed E-state index contributed by atoms with van der Waals surface area (Å²) in [4.78, 5) is 4.93. The quantitative estimate of drug-likeness (QED) is 0.190. The molecule has 0 aliphatic carbocycles. The summed E-state index contributed by atoms with van der Waals surface area (Å²) in [7, 11) is 0. The maximum atomic E-state index is 6.18. The molecule has 0 unspecified atom stereocenters. The molecule has 0 atom stereocenters. The first-order chi connectivity index (χ1) is 12.7. The maximum absolute atomic E-state index is 6.18. The molecule has 11 heteroatoms. The molecule has 1 rings (SSSR count). The van der Waals surface area contributed by atoms with Crippen LogP contribution in [0.4, 0.5) is 0 Å². The highest BCUT2D eigenvalue weighted by molar-refractivity contribution is 6.67. The van der Waals surface area contributed by atoms with Gasteiger partial charge in [0.2, 0.25) is 3.79 Å². The van der Waals surface area contributed by atoms with Crippen LogP contribution in [0.2, 0.25) is 10.0 Å². The molecule has 1 aromatic carbocycles. The standard InChI is InChI=1S/C16H16Cl7NO3/c17-12-8-11(25-7-4-14(19)20)9-13(18)15(12)26-6-3-1-2-5-24-27-10-16(21,22)23/h2,4-5,8-9,24H,1,3,6-7,10H2. The Hall–Kier alpha value is 0.0900.